The van der Waals surface area contributed by atoms with Crippen LogP contribution in [0.15, 0.2) is 29.2 Å². The Morgan fingerprint density at radius 2 is 1.60 bits per heavy atom. The minimum absolute atomic E-state index is 0.117. The highest BCUT2D eigenvalue weighted by atomic mass is 32.2. The van der Waals surface area contributed by atoms with Gasteiger partial charge in [-0.15, -0.1) is 0 Å². The number of carbonyl (C=O) groups is 2. The summed E-state index contributed by atoms with van der Waals surface area (Å²) in [7, 11) is -3.64. The molecule has 0 spiro atoms. The summed E-state index contributed by atoms with van der Waals surface area (Å²) in [5.41, 5.74) is 0.105. The van der Waals surface area contributed by atoms with Gasteiger partial charge in [0.2, 0.25) is 5.78 Å². The molecule has 5 nitrogen and oxygen atoms in total. The minimum Gasteiger partial charge on any atom is -0.335 e. The Hall–Kier alpha value is -1.69. The van der Waals surface area contributed by atoms with E-state index in [4.69, 9.17) is 0 Å². The topological polar surface area (TPSA) is 80.3 Å². The fourth-order valence-corrected chi connectivity index (χ4v) is 2.45. The second-order valence-corrected chi connectivity index (χ2v) is 7.65. The number of benzene rings is 1. The number of Topliss-reactive ketones (excluding diaryl/α,β-unsaturated/α-hetero) is 1. The maximum absolute atomic E-state index is 12.0. The van der Waals surface area contributed by atoms with Gasteiger partial charge in [0.25, 0.3) is 5.91 Å². The van der Waals surface area contributed by atoms with Crippen molar-refractivity contribution in [1.29, 1.82) is 0 Å². The number of amides is 1. The van der Waals surface area contributed by atoms with E-state index in [-0.39, 0.29) is 4.90 Å². The van der Waals surface area contributed by atoms with Gasteiger partial charge in [-0.3, -0.25) is 9.59 Å². The van der Waals surface area contributed by atoms with E-state index in [0.717, 1.165) is 5.56 Å². The molecule has 20 heavy (non-hydrogen) atoms. The van der Waals surface area contributed by atoms with Crippen LogP contribution in [0.5, 0.6) is 0 Å². The molecule has 0 aliphatic rings. The van der Waals surface area contributed by atoms with Gasteiger partial charge in [0, 0.05) is 5.41 Å². The van der Waals surface area contributed by atoms with Crippen molar-refractivity contribution in [3.05, 3.63) is 29.8 Å². The normalized spacial score (nSPS) is 12.0. The molecule has 1 rings (SSSR count). The van der Waals surface area contributed by atoms with Crippen LogP contribution in [0.3, 0.4) is 0 Å². The Labute approximate surface area is 119 Å². The molecule has 0 aliphatic heterocycles. The molecular formula is C14H19NO4S. The lowest BCUT2D eigenvalue weighted by molar-refractivity contribution is -0.142. The summed E-state index contributed by atoms with van der Waals surface area (Å²) in [5, 5.41) is 2.17. The van der Waals surface area contributed by atoms with E-state index < -0.39 is 32.8 Å². The van der Waals surface area contributed by atoms with Crippen molar-refractivity contribution in [3.63, 3.8) is 0 Å². The lowest BCUT2D eigenvalue weighted by Crippen LogP contribution is -2.40. The zero-order valence-electron chi connectivity index (χ0n) is 12.1. The second-order valence-electron chi connectivity index (χ2n) is 5.66. The largest absolute Gasteiger partial charge is 0.335 e. The van der Waals surface area contributed by atoms with Crippen LogP contribution in [0.1, 0.15) is 26.3 Å². The van der Waals surface area contributed by atoms with E-state index in [9.17, 15) is 18.0 Å². The van der Waals surface area contributed by atoms with Crippen molar-refractivity contribution >= 4 is 21.5 Å². The molecule has 0 unspecified atom stereocenters. The maximum Gasteiger partial charge on any atom is 0.288 e. The molecule has 0 saturated heterocycles. The molecule has 1 amide bonds. The zero-order chi connectivity index (χ0) is 15.6. The van der Waals surface area contributed by atoms with Crippen LogP contribution in [0.25, 0.3) is 0 Å². The highest BCUT2D eigenvalue weighted by molar-refractivity contribution is 7.91. The van der Waals surface area contributed by atoms with Gasteiger partial charge in [0.1, 0.15) is 5.88 Å². The minimum atomic E-state index is -3.64. The van der Waals surface area contributed by atoms with Gasteiger partial charge in [-0.2, -0.15) is 0 Å². The van der Waals surface area contributed by atoms with Crippen molar-refractivity contribution in [2.24, 2.45) is 5.41 Å². The van der Waals surface area contributed by atoms with E-state index >= 15 is 0 Å². The number of ketones is 1. The van der Waals surface area contributed by atoms with Crippen molar-refractivity contribution in [3.8, 4) is 0 Å². The highest BCUT2D eigenvalue weighted by Crippen LogP contribution is 2.15. The van der Waals surface area contributed by atoms with Gasteiger partial charge in [-0.05, 0) is 19.1 Å². The summed E-state index contributed by atoms with van der Waals surface area (Å²) in [6.45, 7) is 6.65. The molecule has 0 fully saturated rings. The Kier molecular flexibility index (Phi) is 4.70. The third-order valence-electron chi connectivity index (χ3n) is 2.69. The molecule has 0 saturated carbocycles. The summed E-state index contributed by atoms with van der Waals surface area (Å²) in [4.78, 5) is 23.4. The first kappa shape index (κ1) is 16.4. The average molecular weight is 297 g/mol. The zero-order valence-corrected chi connectivity index (χ0v) is 12.9. The fraction of sp³-hybridized carbons (Fsp3) is 0.429. The molecule has 1 N–H and O–H groups in total. The van der Waals surface area contributed by atoms with Crippen molar-refractivity contribution in [2.75, 3.05) is 5.88 Å². The molecule has 110 valence electrons. The predicted molar refractivity (Wildman–Crippen MR) is 75.8 cm³/mol. The first-order chi connectivity index (χ1) is 9.04. The summed E-state index contributed by atoms with van der Waals surface area (Å²) in [5.74, 6) is -2.11. The SMILES string of the molecule is Cc1ccc(S(=O)(=O)CNC(=O)C(=O)C(C)(C)C)cc1. The standard InChI is InChI=1S/C14H19NO4S/c1-10-5-7-11(8-6-10)20(18,19)9-15-13(17)12(16)14(2,3)4/h5-8H,9H2,1-4H3,(H,15,17). The number of nitrogens with one attached hydrogen (secondary N) is 1. The number of carbonyl (C=O) groups excluding carboxylic acids is 2. The molecule has 0 bridgehead atoms. The Morgan fingerprint density at radius 3 is 2.05 bits per heavy atom. The van der Waals surface area contributed by atoms with Crippen LogP contribution in [0.4, 0.5) is 0 Å². The van der Waals surface area contributed by atoms with Crippen LogP contribution in [-0.4, -0.2) is 26.0 Å². The third-order valence-corrected chi connectivity index (χ3v) is 4.21. The second kappa shape index (κ2) is 5.75. The highest BCUT2D eigenvalue weighted by Gasteiger charge is 2.29. The van der Waals surface area contributed by atoms with E-state index in [1.807, 2.05) is 6.92 Å². The smallest absolute Gasteiger partial charge is 0.288 e. The van der Waals surface area contributed by atoms with Gasteiger partial charge in [-0.1, -0.05) is 38.5 Å². The third kappa shape index (κ3) is 4.16. The molecule has 0 atom stereocenters. The first-order valence-corrected chi connectivity index (χ1v) is 7.81. The van der Waals surface area contributed by atoms with E-state index in [0.29, 0.717) is 0 Å². The fourth-order valence-electron chi connectivity index (χ4n) is 1.41. The van der Waals surface area contributed by atoms with E-state index in [2.05, 4.69) is 5.32 Å². The molecular weight excluding hydrogens is 278 g/mol. The van der Waals surface area contributed by atoms with Gasteiger partial charge >= 0.3 is 0 Å². The van der Waals surface area contributed by atoms with Gasteiger partial charge in [0.15, 0.2) is 9.84 Å². The molecule has 1 aromatic rings. The summed E-state index contributed by atoms with van der Waals surface area (Å²) in [6.07, 6.45) is 0. The molecule has 0 aromatic heterocycles. The van der Waals surface area contributed by atoms with Crippen LogP contribution in [-0.2, 0) is 19.4 Å². The average Bonchev–Trinajstić information content (AvgIpc) is 2.34. The molecule has 1 aromatic carbocycles. The lowest BCUT2D eigenvalue weighted by Gasteiger charge is -2.15. The number of hydrogen-bond acceptors (Lipinski definition) is 4. The first-order valence-electron chi connectivity index (χ1n) is 6.16. The monoisotopic (exact) mass is 297 g/mol. The van der Waals surface area contributed by atoms with Crippen LogP contribution in [0.2, 0.25) is 0 Å². The molecule has 0 radical (unpaired) electrons. The number of sulfone groups is 1. The van der Waals surface area contributed by atoms with Crippen LogP contribution < -0.4 is 5.32 Å². The van der Waals surface area contributed by atoms with Crippen molar-refractivity contribution in [2.45, 2.75) is 32.6 Å². The van der Waals surface area contributed by atoms with Crippen molar-refractivity contribution < 1.29 is 18.0 Å². The molecule has 6 heteroatoms. The van der Waals surface area contributed by atoms with E-state index in [1.54, 1.807) is 32.9 Å². The van der Waals surface area contributed by atoms with E-state index in [1.165, 1.54) is 12.1 Å². The predicted octanol–water partition coefficient (Wildman–Crippen LogP) is 1.46. The molecule has 0 aliphatic carbocycles. The molecule has 0 heterocycles. The Balaban J connectivity index is 2.77. The summed E-state index contributed by atoms with van der Waals surface area (Å²) >= 11 is 0. The van der Waals surface area contributed by atoms with Crippen LogP contribution in [0, 0.1) is 12.3 Å². The number of rotatable bonds is 4. The van der Waals surface area contributed by atoms with Crippen LogP contribution >= 0.6 is 0 Å². The number of hydrogen-bond donors (Lipinski definition) is 1. The van der Waals surface area contributed by atoms with Gasteiger partial charge in [-0.25, -0.2) is 8.42 Å². The summed E-state index contributed by atoms with van der Waals surface area (Å²) in [6, 6.07) is 6.30. The van der Waals surface area contributed by atoms with Gasteiger partial charge < -0.3 is 5.32 Å². The number of aryl methyl sites for hydroxylation is 1. The Bertz CT molecular complexity index is 610. The maximum atomic E-state index is 12.0. The summed E-state index contributed by atoms with van der Waals surface area (Å²) < 4.78 is 24.0. The Morgan fingerprint density at radius 1 is 1.10 bits per heavy atom. The van der Waals surface area contributed by atoms with Crippen molar-refractivity contribution in [1.82, 2.24) is 5.32 Å². The lowest BCUT2D eigenvalue weighted by atomic mass is 9.90. The quantitative estimate of drug-likeness (QED) is 0.853. The van der Waals surface area contributed by atoms with Gasteiger partial charge in [0.05, 0.1) is 4.90 Å².